The lowest BCUT2D eigenvalue weighted by Crippen LogP contribution is -2.55. The molecular weight excluding hydrogens is 584 g/mol. The maximum Gasteiger partial charge on any atom is 0.254 e. The number of ether oxygens (including phenoxy) is 1. The number of likely N-dealkylation sites (tertiary alicyclic amines) is 1. The third kappa shape index (κ3) is 6.32. The first-order valence-electron chi connectivity index (χ1n) is 16.8. The van der Waals surface area contributed by atoms with Gasteiger partial charge in [-0.3, -0.25) is 14.5 Å². The molecule has 0 aliphatic carbocycles. The van der Waals surface area contributed by atoms with Gasteiger partial charge >= 0.3 is 0 Å². The Labute approximate surface area is 268 Å². The highest BCUT2D eigenvalue weighted by atomic mass is 28.4. The summed E-state index contributed by atoms with van der Waals surface area (Å²) in [6, 6.07) is 18.5. The number of piperidine rings is 1. The Kier molecular flexibility index (Phi) is 9.41. The van der Waals surface area contributed by atoms with Crippen LogP contribution in [0.3, 0.4) is 0 Å². The predicted octanol–water partition coefficient (Wildman–Crippen LogP) is 3.90. The second-order valence-corrected chi connectivity index (χ2v) is 18.1. The van der Waals surface area contributed by atoms with E-state index >= 15 is 0 Å². The fraction of sp³-hybridized carbons (Fsp3) is 0.600. The number of aliphatic hydroxyl groups excluding tert-OH is 1. The molecule has 3 N–H and O–H groups in total. The number of hydrogen-bond acceptors (Lipinski definition) is 7. The average Bonchev–Trinajstić information content (AvgIpc) is 3.72. The molecule has 4 fully saturated rings. The molecule has 0 aromatic heterocycles. The summed E-state index contributed by atoms with van der Waals surface area (Å²) < 4.78 is 6.57. The van der Waals surface area contributed by atoms with Crippen LogP contribution in [0.25, 0.3) is 0 Å². The highest BCUT2D eigenvalue weighted by Gasteiger charge is 2.53. The molecule has 5 atom stereocenters. The minimum Gasteiger partial charge on any atom is -0.432 e. The number of anilines is 2. The summed E-state index contributed by atoms with van der Waals surface area (Å²) in [6.07, 6.45) is 4.86. The molecule has 10 heteroatoms. The number of carbonyl (C=O) groups is 2. The fourth-order valence-corrected chi connectivity index (χ4v) is 11.2. The smallest absolute Gasteiger partial charge is 0.254 e. The summed E-state index contributed by atoms with van der Waals surface area (Å²) in [5.74, 6) is 0.348. The molecular formula is C35H50N4O5Si. The summed E-state index contributed by atoms with van der Waals surface area (Å²) in [5, 5.41) is 13.1. The molecule has 244 valence electrons. The van der Waals surface area contributed by atoms with Crippen molar-refractivity contribution in [3.8, 4) is 0 Å². The van der Waals surface area contributed by atoms with Crippen molar-refractivity contribution in [2.75, 3.05) is 42.7 Å². The number of para-hydroxylation sites is 1. The number of aryl methyl sites for hydroxylation is 1. The van der Waals surface area contributed by atoms with E-state index in [4.69, 9.17) is 4.74 Å². The number of rotatable bonds is 9. The van der Waals surface area contributed by atoms with Crippen molar-refractivity contribution in [2.24, 2.45) is 5.92 Å². The number of nitrogens with zero attached hydrogens (tertiary/aromatic N) is 3. The highest BCUT2D eigenvalue weighted by Crippen LogP contribution is 2.46. The van der Waals surface area contributed by atoms with Crippen LogP contribution in [0, 0.1) is 5.92 Å². The van der Waals surface area contributed by atoms with Gasteiger partial charge < -0.3 is 29.8 Å². The van der Waals surface area contributed by atoms with Crippen LogP contribution in [0.5, 0.6) is 0 Å². The van der Waals surface area contributed by atoms with E-state index in [0.717, 1.165) is 63.0 Å². The summed E-state index contributed by atoms with van der Waals surface area (Å²) in [6.45, 7) is 8.94. The molecule has 9 nitrogen and oxygen atoms in total. The van der Waals surface area contributed by atoms with E-state index in [1.165, 1.54) is 5.56 Å². The van der Waals surface area contributed by atoms with E-state index in [1.54, 1.807) is 0 Å². The third-order valence-corrected chi connectivity index (χ3v) is 13.4. The van der Waals surface area contributed by atoms with Crippen LogP contribution in [0.15, 0.2) is 54.6 Å². The Morgan fingerprint density at radius 1 is 1.04 bits per heavy atom. The largest absolute Gasteiger partial charge is 0.432 e. The lowest BCUT2D eigenvalue weighted by Gasteiger charge is -2.39. The number of benzene rings is 2. The maximum absolute atomic E-state index is 14.0. The average molecular weight is 635 g/mol. The number of carbonyl (C=O) groups excluding carboxylic acids is 2. The monoisotopic (exact) mass is 634 g/mol. The Morgan fingerprint density at radius 2 is 1.76 bits per heavy atom. The van der Waals surface area contributed by atoms with Gasteiger partial charge in [0.05, 0.1) is 37.9 Å². The van der Waals surface area contributed by atoms with Crippen molar-refractivity contribution in [3.63, 3.8) is 0 Å². The maximum atomic E-state index is 14.0. The molecule has 2 amide bonds. The highest BCUT2D eigenvalue weighted by molar-refractivity contribution is 6.71. The Bertz CT molecular complexity index is 1330. The SMILES string of the molecule is C[C@@H]1[C@@H]([Si](C)(C)O)[C@H](CC(=O)N2CCC[C@H]2CO)O[C@@H]1CCc1ccc(N2CN(c3ccccc3)C3(CCNCC3)C2=O)cc1. The lowest BCUT2D eigenvalue weighted by molar-refractivity contribution is -0.135. The van der Waals surface area contributed by atoms with Crippen LogP contribution in [-0.2, 0) is 20.7 Å². The predicted molar refractivity (Wildman–Crippen MR) is 179 cm³/mol. The van der Waals surface area contributed by atoms with E-state index in [0.29, 0.717) is 13.2 Å². The molecule has 0 radical (unpaired) electrons. The Balaban J connectivity index is 1.11. The van der Waals surface area contributed by atoms with Crippen LogP contribution in [0.4, 0.5) is 11.4 Å². The van der Waals surface area contributed by atoms with Crippen molar-refractivity contribution in [2.45, 2.75) is 94.3 Å². The molecule has 0 saturated carbocycles. The summed E-state index contributed by atoms with van der Waals surface area (Å²) in [7, 11) is -2.60. The number of hydrogen-bond donors (Lipinski definition) is 3. The molecule has 4 aliphatic heterocycles. The zero-order chi connectivity index (χ0) is 31.8. The molecule has 1 spiro atoms. The molecule has 4 heterocycles. The van der Waals surface area contributed by atoms with E-state index in [-0.39, 0.29) is 54.6 Å². The molecule has 4 saturated heterocycles. The van der Waals surface area contributed by atoms with Gasteiger partial charge in [-0.05, 0) is 100 Å². The lowest BCUT2D eigenvalue weighted by atomic mass is 9.86. The quantitative estimate of drug-likeness (QED) is 0.360. The molecule has 2 aromatic carbocycles. The first kappa shape index (κ1) is 32.2. The normalized spacial score (nSPS) is 28.4. The van der Waals surface area contributed by atoms with Gasteiger partial charge in [-0.25, -0.2) is 0 Å². The van der Waals surface area contributed by atoms with Crippen LogP contribution < -0.4 is 15.1 Å². The third-order valence-electron chi connectivity index (χ3n) is 10.9. The van der Waals surface area contributed by atoms with Crippen molar-refractivity contribution in [3.05, 3.63) is 60.2 Å². The van der Waals surface area contributed by atoms with Gasteiger partial charge in [0.1, 0.15) is 5.54 Å². The van der Waals surface area contributed by atoms with Gasteiger partial charge in [0.25, 0.3) is 5.91 Å². The molecule has 0 unspecified atom stereocenters. The van der Waals surface area contributed by atoms with Gasteiger partial charge in [0.15, 0.2) is 8.32 Å². The van der Waals surface area contributed by atoms with Crippen molar-refractivity contribution >= 4 is 31.5 Å². The minimum absolute atomic E-state index is 0.00565. The van der Waals surface area contributed by atoms with Crippen LogP contribution in [-0.4, -0.2) is 91.6 Å². The first-order chi connectivity index (χ1) is 21.6. The molecule has 45 heavy (non-hydrogen) atoms. The van der Waals surface area contributed by atoms with Gasteiger partial charge in [0.2, 0.25) is 5.91 Å². The molecule has 6 rings (SSSR count). The molecule has 0 bridgehead atoms. The second-order valence-electron chi connectivity index (χ2n) is 14.1. The van der Waals surface area contributed by atoms with E-state index in [2.05, 4.69) is 53.5 Å². The van der Waals surface area contributed by atoms with E-state index < -0.39 is 13.9 Å². The standard InChI is InChI=1S/C35H50N4O5Si/c1-25-30(44-31(33(25)45(2,3)43)22-32(41)37-21-7-10-29(37)23-40)16-13-26-11-14-27(15-12-26)38-24-39(28-8-5-4-6-9-28)35(34(38)42)17-19-36-20-18-35/h4-6,8-9,11-12,14-15,25,29-31,33,36,40,43H,7,10,13,16-24H2,1-3H3/t25-,29-,30+,31-,33+/m0/s1. The van der Waals surface area contributed by atoms with Gasteiger partial charge in [-0.1, -0.05) is 37.3 Å². The first-order valence-corrected chi connectivity index (χ1v) is 19.9. The van der Waals surface area contributed by atoms with Crippen molar-refractivity contribution in [1.82, 2.24) is 10.2 Å². The minimum atomic E-state index is -2.60. The Hall–Kier alpha value is -2.76. The summed E-state index contributed by atoms with van der Waals surface area (Å²) in [5.41, 5.74) is 2.63. The topological polar surface area (TPSA) is 106 Å². The van der Waals surface area contributed by atoms with Crippen LogP contribution in [0.2, 0.25) is 18.6 Å². The summed E-state index contributed by atoms with van der Waals surface area (Å²) in [4.78, 5) is 44.5. The van der Waals surface area contributed by atoms with E-state index in [9.17, 15) is 19.5 Å². The molecule has 4 aliphatic rings. The van der Waals surface area contributed by atoms with Crippen LogP contribution >= 0.6 is 0 Å². The van der Waals surface area contributed by atoms with Gasteiger partial charge in [-0.15, -0.1) is 0 Å². The number of nitrogens with one attached hydrogen (secondary N) is 1. The van der Waals surface area contributed by atoms with Crippen LogP contribution in [0.1, 0.15) is 51.0 Å². The second kappa shape index (κ2) is 13.2. The number of aliphatic hydroxyl groups is 1. The number of amides is 2. The zero-order valence-electron chi connectivity index (χ0n) is 27.0. The van der Waals surface area contributed by atoms with E-state index in [1.807, 2.05) is 41.1 Å². The van der Waals surface area contributed by atoms with Gasteiger partial charge in [0, 0.05) is 23.5 Å². The zero-order valence-corrected chi connectivity index (χ0v) is 28.0. The van der Waals surface area contributed by atoms with Crippen molar-refractivity contribution in [1.29, 1.82) is 0 Å². The molecule has 2 aromatic rings. The fourth-order valence-electron chi connectivity index (χ4n) is 8.57. The van der Waals surface area contributed by atoms with Crippen molar-refractivity contribution < 1.29 is 24.2 Å². The summed E-state index contributed by atoms with van der Waals surface area (Å²) >= 11 is 0. The Morgan fingerprint density at radius 3 is 2.42 bits per heavy atom. The van der Waals surface area contributed by atoms with Gasteiger partial charge in [-0.2, -0.15) is 0 Å².